The van der Waals surface area contributed by atoms with Crippen LogP contribution in [0.15, 0.2) is 140 Å². The Kier molecular flexibility index (Phi) is 15.4. The zero-order valence-electron chi connectivity index (χ0n) is 35.1. The molecule has 9 rings (SSSR count). The summed E-state index contributed by atoms with van der Waals surface area (Å²) < 4.78 is 0. The molecule has 0 aliphatic carbocycles. The van der Waals surface area contributed by atoms with E-state index in [0.29, 0.717) is 11.8 Å². The third-order valence-corrected chi connectivity index (χ3v) is 12.1. The van der Waals surface area contributed by atoms with Crippen molar-refractivity contribution in [2.24, 2.45) is 11.8 Å². The first-order valence-corrected chi connectivity index (χ1v) is 27.6. The molecule has 0 amide bonds. The van der Waals surface area contributed by atoms with E-state index in [9.17, 15) is 0 Å². The average molecular weight is 892 g/mol. The second-order valence-electron chi connectivity index (χ2n) is 16.3. The van der Waals surface area contributed by atoms with Crippen LogP contribution < -0.4 is 10.4 Å². The smallest absolute Gasteiger partial charge is 0.0920 e. The summed E-state index contributed by atoms with van der Waals surface area (Å²) in [5, 5.41) is 8.37. The summed E-state index contributed by atoms with van der Waals surface area (Å²) in [6.45, 7) is 18.0. The molecule has 0 spiro atoms. The van der Waals surface area contributed by atoms with E-state index in [1.54, 1.807) is 0 Å². The topological polar surface area (TPSA) is 0 Å². The van der Waals surface area contributed by atoms with Crippen molar-refractivity contribution in [1.82, 2.24) is 0 Å². The standard InChI is InChI=1S/2C21H23.C12H7Si.2ClH.Zr/c2*1-14(2)11-17-12-18-10-9-16(4)21(20(18)13-17)19-8-6-5-7-15(19)3;1-3-7-11-9(5-1)10-6-2-4-8-12(10)13-11;;;/h2*5-10,12-14H,11H2,1-4H3;1-7H;2*1H;/q3*-1;;;+2/p-2. The van der Waals surface area contributed by atoms with Gasteiger partial charge in [0.1, 0.15) is 0 Å². The van der Waals surface area contributed by atoms with Gasteiger partial charge < -0.3 is 0 Å². The van der Waals surface area contributed by atoms with Crippen molar-refractivity contribution in [3.8, 4) is 33.4 Å². The first-order chi connectivity index (χ1) is 28.0. The van der Waals surface area contributed by atoms with Crippen molar-refractivity contribution >= 4 is 58.5 Å². The first-order valence-electron chi connectivity index (χ1n) is 20.3. The van der Waals surface area contributed by atoms with Crippen LogP contribution >= 0.6 is 17.0 Å². The number of rotatable bonds is 6. The normalized spacial score (nSPS) is 11.3. The summed E-state index contributed by atoms with van der Waals surface area (Å²) in [6, 6.07) is 54.1. The van der Waals surface area contributed by atoms with Crippen LogP contribution in [0.4, 0.5) is 0 Å². The van der Waals surface area contributed by atoms with Crippen LogP contribution in [0.2, 0.25) is 0 Å². The predicted molar refractivity (Wildman–Crippen MR) is 253 cm³/mol. The molecule has 4 heteroatoms. The molecule has 58 heavy (non-hydrogen) atoms. The Labute approximate surface area is 368 Å². The van der Waals surface area contributed by atoms with Crippen LogP contribution in [0.25, 0.3) is 54.9 Å². The molecular weight excluding hydrogens is 839 g/mol. The van der Waals surface area contributed by atoms with E-state index in [1.165, 1.54) is 98.7 Å². The number of aryl methyl sites for hydroxylation is 4. The molecule has 0 unspecified atom stereocenters. The molecule has 2 radical (unpaired) electrons. The van der Waals surface area contributed by atoms with Crippen molar-refractivity contribution in [1.29, 1.82) is 0 Å². The molecule has 1 aliphatic rings. The fourth-order valence-corrected chi connectivity index (χ4v) is 9.54. The molecule has 294 valence electrons. The third kappa shape index (κ3) is 10.5. The van der Waals surface area contributed by atoms with Gasteiger partial charge in [-0.1, -0.05) is 133 Å². The fraction of sp³-hybridized carbons (Fsp3) is 0.222. The molecule has 1 heterocycles. The summed E-state index contributed by atoms with van der Waals surface area (Å²) in [4.78, 5) is 0. The van der Waals surface area contributed by atoms with Gasteiger partial charge in [-0.2, -0.15) is 41.6 Å². The quantitative estimate of drug-likeness (QED) is 0.115. The van der Waals surface area contributed by atoms with E-state index in [0.717, 1.165) is 22.4 Å². The molecule has 0 fully saturated rings. The molecule has 8 aromatic carbocycles. The SMILES string of the molecule is Cc1ccccc1-c1c(C)ccc2[cH-]c(CC(C)C)cc12.Cc1ccccc1-c1c(C)ccc2[cH-]c(CC(C)C)cc12.[Cl][Zr][Cl].[c-]1cccc2c1[Si]c1ccccc1-2. The van der Waals surface area contributed by atoms with Crippen LogP contribution in [-0.2, 0) is 33.7 Å². The van der Waals surface area contributed by atoms with Gasteiger partial charge in [-0.05, 0) is 74.6 Å². The molecule has 0 saturated heterocycles. The van der Waals surface area contributed by atoms with Gasteiger partial charge in [0.2, 0.25) is 0 Å². The molecule has 0 aromatic heterocycles. The minimum absolute atomic E-state index is 0.699. The Morgan fingerprint density at radius 2 is 0.966 bits per heavy atom. The zero-order chi connectivity index (χ0) is 41.3. The zero-order valence-corrected chi connectivity index (χ0v) is 40.1. The number of hydrogen-bond acceptors (Lipinski definition) is 0. The van der Waals surface area contributed by atoms with Gasteiger partial charge in [-0.15, -0.1) is 74.6 Å². The van der Waals surface area contributed by atoms with Crippen molar-refractivity contribution in [2.45, 2.75) is 68.2 Å². The van der Waals surface area contributed by atoms with Crippen LogP contribution in [0, 0.1) is 45.6 Å². The minimum atomic E-state index is -0.826. The average Bonchev–Trinajstić information content (AvgIpc) is 3.91. The van der Waals surface area contributed by atoms with E-state index in [1.807, 2.05) is 6.07 Å². The Bertz CT molecular complexity index is 2430. The van der Waals surface area contributed by atoms with Crippen molar-refractivity contribution in [3.63, 3.8) is 0 Å². The maximum atomic E-state index is 4.93. The minimum Gasteiger partial charge on any atom is -0.184 e. The molecular formula is C54H53Cl2SiZr-3. The van der Waals surface area contributed by atoms with Gasteiger partial charge in [0.15, 0.2) is 0 Å². The van der Waals surface area contributed by atoms with Gasteiger partial charge >= 0.3 is 37.9 Å². The van der Waals surface area contributed by atoms with Gasteiger partial charge in [0.25, 0.3) is 0 Å². The Balaban J connectivity index is 0.000000145. The molecule has 0 bridgehead atoms. The monoisotopic (exact) mass is 889 g/mol. The summed E-state index contributed by atoms with van der Waals surface area (Å²) in [5.74, 6) is 1.40. The third-order valence-electron chi connectivity index (χ3n) is 10.8. The second-order valence-corrected chi connectivity index (χ2v) is 21.3. The van der Waals surface area contributed by atoms with Crippen molar-refractivity contribution in [2.75, 3.05) is 0 Å². The summed E-state index contributed by atoms with van der Waals surface area (Å²) in [7, 11) is 10.7. The maximum Gasteiger partial charge on any atom is 0.0920 e. The van der Waals surface area contributed by atoms with E-state index < -0.39 is 20.8 Å². The van der Waals surface area contributed by atoms with Gasteiger partial charge in [0.05, 0.1) is 9.52 Å². The molecule has 0 atom stereocenters. The molecule has 0 saturated carbocycles. The number of benzene rings is 6. The molecule has 1 aliphatic heterocycles. The van der Waals surface area contributed by atoms with Gasteiger partial charge in [0, 0.05) is 0 Å². The first kappa shape index (κ1) is 43.8. The van der Waals surface area contributed by atoms with Crippen molar-refractivity contribution < 1.29 is 20.8 Å². The molecule has 0 N–H and O–H groups in total. The number of fused-ring (bicyclic) bond motifs is 5. The Morgan fingerprint density at radius 3 is 1.43 bits per heavy atom. The fourth-order valence-electron chi connectivity index (χ4n) is 8.23. The molecule has 8 aromatic rings. The number of hydrogen-bond donors (Lipinski definition) is 0. The van der Waals surface area contributed by atoms with Gasteiger partial charge in [-0.25, -0.2) is 0 Å². The summed E-state index contributed by atoms with van der Waals surface area (Å²) in [6.07, 6.45) is 2.31. The van der Waals surface area contributed by atoms with Gasteiger partial charge in [-0.3, -0.25) is 0 Å². The van der Waals surface area contributed by atoms with Crippen LogP contribution in [0.5, 0.6) is 0 Å². The number of halogens is 2. The van der Waals surface area contributed by atoms with E-state index in [-0.39, 0.29) is 0 Å². The van der Waals surface area contributed by atoms with Crippen LogP contribution in [0.1, 0.15) is 61.1 Å². The van der Waals surface area contributed by atoms with E-state index in [2.05, 4.69) is 195 Å². The molecule has 0 nitrogen and oxygen atoms in total. The summed E-state index contributed by atoms with van der Waals surface area (Å²) in [5.41, 5.74) is 16.6. The predicted octanol–water partition coefficient (Wildman–Crippen LogP) is 14.6. The van der Waals surface area contributed by atoms with Crippen LogP contribution in [-0.4, -0.2) is 9.52 Å². The Morgan fingerprint density at radius 1 is 0.534 bits per heavy atom. The van der Waals surface area contributed by atoms with E-state index in [4.69, 9.17) is 17.0 Å². The maximum absolute atomic E-state index is 4.93. The van der Waals surface area contributed by atoms with Crippen LogP contribution in [0.3, 0.4) is 0 Å². The Hall–Kier alpha value is -3.78. The van der Waals surface area contributed by atoms with E-state index >= 15 is 0 Å². The van der Waals surface area contributed by atoms with Crippen molar-refractivity contribution in [3.05, 3.63) is 179 Å². The largest absolute Gasteiger partial charge is 0.184 e. The second kappa shape index (κ2) is 20.5. The summed E-state index contributed by atoms with van der Waals surface area (Å²) >= 11 is -0.826.